The molecule has 2 N–H and O–H groups in total. The molecule has 1 rings (SSSR count). The number of carbonyl (C=O) groups is 2. The number of carbonyl (C=O) groups excluding carboxylic acids is 2. The Morgan fingerprint density at radius 3 is 1.93 bits per heavy atom. The number of hydrogen-bond donors (Lipinski definition) is 2. The molecule has 15 heavy (non-hydrogen) atoms. The van der Waals surface area contributed by atoms with E-state index in [1.165, 1.54) is 19.9 Å². The number of benzene rings is 1. The van der Waals surface area contributed by atoms with E-state index in [0.717, 1.165) is 0 Å². The molecule has 80 valence electrons. The summed E-state index contributed by atoms with van der Waals surface area (Å²) in [6.45, 7) is 4.09. The summed E-state index contributed by atoms with van der Waals surface area (Å²) in [6, 6.07) is 1.30. The lowest BCUT2D eigenvalue weighted by Crippen LogP contribution is -2.03. The van der Waals surface area contributed by atoms with Gasteiger partial charge in [0.15, 0.2) is 11.6 Å². The Kier molecular flexibility index (Phi) is 2.79. The summed E-state index contributed by atoms with van der Waals surface area (Å²) in [5.41, 5.74) is 0.325. The van der Waals surface area contributed by atoms with Gasteiger partial charge in [-0.1, -0.05) is 0 Å². The lowest BCUT2D eigenvalue weighted by molar-refractivity contribution is 0.101. The van der Waals surface area contributed by atoms with Gasteiger partial charge in [-0.2, -0.15) is 0 Å². The minimum atomic E-state index is -0.479. The minimum Gasteiger partial charge on any atom is -0.507 e. The van der Waals surface area contributed by atoms with E-state index in [-0.39, 0.29) is 22.7 Å². The van der Waals surface area contributed by atoms with Crippen molar-refractivity contribution in [2.75, 3.05) is 0 Å². The molecular weight excluding hydrogens is 196 g/mol. The van der Waals surface area contributed by atoms with E-state index in [1.54, 1.807) is 6.92 Å². The van der Waals surface area contributed by atoms with Crippen molar-refractivity contribution in [3.63, 3.8) is 0 Å². The molecule has 0 saturated carbocycles. The van der Waals surface area contributed by atoms with E-state index >= 15 is 0 Å². The normalized spacial score (nSPS) is 10.1. The van der Waals surface area contributed by atoms with Crippen molar-refractivity contribution in [1.29, 1.82) is 0 Å². The predicted octanol–water partition coefficient (Wildman–Crippen LogP) is 1.81. The zero-order valence-corrected chi connectivity index (χ0v) is 8.79. The highest BCUT2D eigenvalue weighted by molar-refractivity contribution is 6.06. The van der Waals surface area contributed by atoms with Crippen LogP contribution in [0.2, 0.25) is 0 Å². The molecule has 0 atom stereocenters. The van der Waals surface area contributed by atoms with Crippen LogP contribution in [-0.4, -0.2) is 21.8 Å². The molecule has 0 bridgehead atoms. The van der Waals surface area contributed by atoms with Gasteiger partial charge in [-0.15, -0.1) is 0 Å². The van der Waals surface area contributed by atoms with Crippen molar-refractivity contribution in [2.24, 2.45) is 0 Å². The molecule has 1 aromatic carbocycles. The summed E-state index contributed by atoms with van der Waals surface area (Å²) in [4.78, 5) is 22.4. The molecule has 0 aliphatic carbocycles. The van der Waals surface area contributed by atoms with Crippen LogP contribution in [0.4, 0.5) is 0 Å². The largest absolute Gasteiger partial charge is 0.507 e. The van der Waals surface area contributed by atoms with E-state index in [1.807, 2.05) is 0 Å². The van der Waals surface area contributed by atoms with Crippen LogP contribution in [0.15, 0.2) is 6.07 Å². The van der Waals surface area contributed by atoms with Gasteiger partial charge in [0.25, 0.3) is 0 Å². The number of phenols is 2. The Hall–Kier alpha value is -1.84. The van der Waals surface area contributed by atoms with Crippen molar-refractivity contribution < 1.29 is 19.8 Å². The van der Waals surface area contributed by atoms with E-state index < -0.39 is 11.5 Å². The van der Waals surface area contributed by atoms with Gasteiger partial charge in [-0.25, -0.2) is 0 Å². The lowest BCUT2D eigenvalue weighted by Gasteiger charge is -2.10. The Balaban J connectivity index is 3.64. The molecule has 0 aliphatic heterocycles. The Bertz CT molecular complexity index is 408. The molecule has 0 saturated heterocycles. The van der Waals surface area contributed by atoms with Gasteiger partial charge in [0, 0.05) is 0 Å². The average Bonchev–Trinajstić information content (AvgIpc) is 1.99. The number of rotatable bonds is 2. The van der Waals surface area contributed by atoms with Gasteiger partial charge >= 0.3 is 0 Å². The van der Waals surface area contributed by atoms with Crippen LogP contribution in [0, 0.1) is 6.92 Å². The molecule has 0 radical (unpaired) electrons. The van der Waals surface area contributed by atoms with E-state index in [4.69, 9.17) is 0 Å². The van der Waals surface area contributed by atoms with Gasteiger partial charge in [0.1, 0.15) is 17.1 Å². The smallest absolute Gasteiger partial charge is 0.167 e. The lowest BCUT2D eigenvalue weighted by atomic mass is 9.97. The van der Waals surface area contributed by atoms with Crippen LogP contribution in [0.1, 0.15) is 40.1 Å². The molecule has 0 unspecified atom stereocenters. The number of hydrogen-bond acceptors (Lipinski definition) is 4. The molecule has 0 heterocycles. The molecule has 0 aromatic heterocycles. The highest BCUT2D eigenvalue weighted by Gasteiger charge is 2.20. The molecule has 4 nitrogen and oxygen atoms in total. The van der Waals surface area contributed by atoms with Crippen molar-refractivity contribution in [3.8, 4) is 11.5 Å². The Labute approximate surface area is 87.2 Å². The fourth-order valence-electron chi connectivity index (χ4n) is 1.57. The minimum absolute atomic E-state index is 0.0815. The monoisotopic (exact) mass is 208 g/mol. The first-order valence-corrected chi connectivity index (χ1v) is 4.43. The van der Waals surface area contributed by atoms with Crippen LogP contribution in [-0.2, 0) is 0 Å². The summed E-state index contributed by atoms with van der Waals surface area (Å²) < 4.78 is 0. The van der Waals surface area contributed by atoms with Crippen LogP contribution in [0.5, 0.6) is 11.5 Å². The number of aryl methyl sites for hydroxylation is 1. The first-order valence-electron chi connectivity index (χ1n) is 4.43. The van der Waals surface area contributed by atoms with Crippen molar-refractivity contribution in [1.82, 2.24) is 0 Å². The molecule has 0 spiro atoms. The third-order valence-corrected chi connectivity index (χ3v) is 2.18. The predicted molar refractivity (Wildman–Crippen MR) is 54.5 cm³/mol. The second-order valence-electron chi connectivity index (χ2n) is 3.42. The quantitative estimate of drug-likeness (QED) is 0.727. The summed E-state index contributed by atoms with van der Waals surface area (Å²) in [6.07, 6.45) is 0. The van der Waals surface area contributed by atoms with Crippen molar-refractivity contribution in [2.45, 2.75) is 20.8 Å². The van der Waals surface area contributed by atoms with Crippen LogP contribution in [0.3, 0.4) is 0 Å². The highest BCUT2D eigenvalue weighted by Crippen LogP contribution is 2.33. The van der Waals surface area contributed by atoms with E-state index in [0.29, 0.717) is 5.56 Å². The first-order chi connectivity index (χ1) is 6.86. The fraction of sp³-hybridized carbons (Fsp3) is 0.273. The second-order valence-corrected chi connectivity index (χ2v) is 3.42. The van der Waals surface area contributed by atoms with Gasteiger partial charge in [-0.3, -0.25) is 9.59 Å². The van der Waals surface area contributed by atoms with Crippen molar-refractivity contribution in [3.05, 3.63) is 22.8 Å². The third kappa shape index (κ3) is 1.83. The van der Waals surface area contributed by atoms with Crippen LogP contribution >= 0.6 is 0 Å². The summed E-state index contributed by atoms with van der Waals surface area (Å²) in [7, 11) is 0. The number of Topliss-reactive ketones (excluding diaryl/α,β-unsaturated/α-hetero) is 2. The highest BCUT2D eigenvalue weighted by atomic mass is 16.3. The maximum Gasteiger partial charge on any atom is 0.167 e. The molecule has 0 fully saturated rings. The standard InChI is InChI=1S/C11H12O4/c1-5-4-8(14)10(7(3)13)11(15)9(5)6(2)12/h4,14-15H,1-3H3. The summed E-state index contributed by atoms with van der Waals surface area (Å²) in [5.74, 6) is -1.56. The Morgan fingerprint density at radius 2 is 1.53 bits per heavy atom. The number of aromatic hydroxyl groups is 2. The maximum absolute atomic E-state index is 11.2. The Morgan fingerprint density at radius 1 is 1.07 bits per heavy atom. The number of phenolic OH excluding ortho intramolecular Hbond substituents is 2. The SMILES string of the molecule is CC(=O)c1c(C)cc(O)c(C(C)=O)c1O. The van der Waals surface area contributed by atoms with E-state index in [2.05, 4.69) is 0 Å². The number of ketones is 2. The van der Waals surface area contributed by atoms with Crippen molar-refractivity contribution >= 4 is 11.6 Å². The van der Waals surface area contributed by atoms with Gasteiger partial charge in [0.2, 0.25) is 0 Å². The topological polar surface area (TPSA) is 74.6 Å². The van der Waals surface area contributed by atoms with Crippen LogP contribution < -0.4 is 0 Å². The van der Waals surface area contributed by atoms with Gasteiger partial charge < -0.3 is 10.2 Å². The maximum atomic E-state index is 11.2. The first kappa shape index (κ1) is 11.2. The van der Waals surface area contributed by atoms with E-state index in [9.17, 15) is 19.8 Å². The molecule has 4 heteroatoms. The molecule has 1 aromatic rings. The fourth-order valence-corrected chi connectivity index (χ4v) is 1.57. The van der Waals surface area contributed by atoms with Gasteiger partial charge in [0.05, 0.1) is 5.56 Å². The molecule has 0 amide bonds. The summed E-state index contributed by atoms with van der Waals surface area (Å²) >= 11 is 0. The van der Waals surface area contributed by atoms with Gasteiger partial charge in [-0.05, 0) is 32.4 Å². The third-order valence-electron chi connectivity index (χ3n) is 2.18. The summed E-state index contributed by atoms with van der Waals surface area (Å²) in [5, 5.41) is 19.1. The molecule has 0 aliphatic rings. The average molecular weight is 208 g/mol. The second kappa shape index (κ2) is 3.73. The molecular formula is C11H12O4. The zero-order valence-electron chi connectivity index (χ0n) is 8.79. The zero-order chi connectivity index (χ0) is 11.7. The van der Waals surface area contributed by atoms with Crippen LogP contribution in [0.25, 0.3) is 0 Å².